The first-order valence-corrected chi connectivity index (χ1v) is 11.1. The fourth-order valence-electron chi connectivity index (χ4n) is 4.27. The Morgan fingerprint density at radius 1 is 1.06 bits per heavy atom. The van der Waals surface area contributed by atoms with E-state index in [1.807, 2.05) is 47.0 Å². The van der Waals surface area contributed by atoms with Crippen molar-refractivity contribution in [2.45, 2.75) is 26.3 Å². The van der Waals surface area contributed by atoms with Gasteiger partial charge in [-0.25, -0.2) is 4.68 Å². The van der Waals surface area contributed by atoms with Crippen molar-refractivity contribution >= 4 is 5.91 Å². The Morgan fingerprint density at radius 3 is 2.70 bits per heavy atom. The lowest BCUT2D eigenvalue weighted by Crippen LogP contribution is -2.50. The van der Waals surface area contributed by atoms with Crippen LogP contribution in [0, 0.1) is 13.8 Å². The zero-order valence-corrected chi connectivity index (χ0v) is 18.8. The smallest absolute Gasteiger partial charge is 0.256 e. The van der Waals surface area contributed by atoms with Crippen molar-refractivity contribution in [1.82, 2.24) is 29.7 Å². The molecule has 0 N–H and O–H groups in total. The van der Waals surface area contributed by atoms with Gasteiger partial charge in [-0.3, -0.25) is 4.79 Å². The van der Waals surface area contributed by atoms with Crippen LogP contribution in [0.25, 0.3) is 11.4 Å². The zero-order chi connectivity index (χ0) is 22.8. The molecule has 3 heterocycles. The number of benzene rings is 2. The molecule has 1 atom stereocenters. The number of carbonyl (C=O) groups is 1. The Hall–Kier alpha value is -3.78. The number of aromatic nitrogens is 5. The number of carbonyl (C=O) groups excluding carboxylic acids is 1. The predicted molar refractivity (Wildman–Crippen MR) is 124 cm³/mol. The van der Waals surface area contributed by atoms with E-state index in [0.717, 1.165) is 11.3 Å². The van der Waals surface area contributed by atoms with Gasteiger partial charge in [0.2, 0.25) is 0 Å². The second-order valence-electron chi connectivity index (χ2n) is 8.33. The van der Waals surface area contributed by atoms with Crippen molar-refractivity contribution in [3.8, 4) is 11.4 Å². The fraction of sp³-hybridized carbons (Fsp3) is 0.280. The van der Waals surface area contributed by atoms with Crippen LogP contribution in [-0.4, -0.2) is 61.4 Å². The minimum atomic E-state index is -0.0717. The highest BCUT2D eigenvalue weighted by atomic mass is 16.5. The van der Waals surface area contributed by atoms with Gasteiger partial charge in [-0.1, -0.05) is 12.1 Å². The van der Waals surface area contributed by atoms with Crippen molar-refractivity contribution < 1.29 is 9.53 Å². The van der Waals surface area contributed by atoms with Gasteiger partial charge in [0, 0.05) is 18.9 Å². The maximum Gasteiger partial charge on any atom is 0.256 e. The number of aryl methyl sites for hydroxylation is 2. The van der Waals surface area contributed by atoms with Gasteiger partial charge in [-0.15, -0.1) is 0 Å². The number of rotatable bonds is 5. The first-order valence-electron chi connectivity index (χ1n) is 11.1. The van der Waals surface area contributed by atoms with Gasteiger partial charge in [0.05, 0.1) is 48.6 Å². The Bertz CT molecular complexity index is 1250. The summed E-state index contributed by atoms with van der Waals surface area (Å²) in [6, 6.07) is 13.9. The summed E-state index contributed by atoms with van der Waals surface area (Å²) in [6.45, 7) is 5.66. The van der Waals surface area contributed by atoms with Gasteiger partial charge in [0.15, 0.2) is 0 Å². The second-order valence-corrected chi connectivity index (χ2v) is 8.33. The molecule has 0 bridgehead atoms. The van der Waals surface area contributed by atoms with Gasteiger partial charge in [0.1, 0.15) is 0 Å². The minimum Gasteiger partial charge on any atom is -0.377 e. The first kappa shape index (κ1) is 21.1. The molecular weight excluding hydrogens is 416 g/mol. The molecule has 5 rings (SSSR count). The summed E-state index contributed by atoms with van der Waals surface area (Å²) in [7, 11) is 0. The Morgan fingerprint density at radius 2 is 1.91 bits per heavy atom. The number of hydrogen-bond donors (Lipinski definition) is 0. The van der Waals surface area contributed by atoms with Gasteiger partial charge < -0.3 is 9.64 Å². The van der Waals surface area contributed by atoms with E-state index in [9.17, 15) is 4.79 Å². The van der Waals surface area contributed by atoms with Crippen LogP contribution in [0.1, 0.15) is 27.0 Å². The molecule has 8 nitrogen and oxygen atoms in total. The Labute approximate surface area is 192 Å². The lowest BCUT2D eigenvalue weighted by atomic mass is 9.98. The quantitative estimate of drug-likeness (QED) is 0.475. The Balaban J connectivity index is 1.45. The van der Waals surface area contributed by atoms with Crippen molar-refractivity contribution in [1.29, 1.82) is 0 Å². The summed E-state index contributed by atoms with van der Waals surface area (Å²) in [4.78, 5) is 17.2. The third kappa shape index (κ3) is 4.29. The highest BCUT2D eigenvalue weighted by molar-refractivity contribution is 5.98. The number of amides is 1. The topological polar surface area (TPSA) is 78.1 Å². The van der Waals surface area contributed by atoms with Crippen LogP contribution in [0.3, 0.4) is 0 Å². The number of ether oxygens (including phenoxy) is 1. The van der Waals surface area contributed by atoms with Gasteiger partial charge in [0.25, 0.3) is 5.91 Å². The summed E-state index contributed by atoms with van der Waals surface area (Å²) in [5.41, 5.74) is 5.68. The molecular formula is C25H26N6O2. The lowest BCUT2D eigenvalue weighted by Gasteiger charge is -2.36. The minimum absolute atomic E-state index is 0.0310. The van der Waals surface area contributed by atoms with Gasteiger partial charge >= 0.3 is 0 Å². The highest BCUT2D eigenvalue weighted by Crippen LogP contribution is 2.23. The molecule has 1 aliphatic rings. The summed E-state index contributed by atoms with van der Waals surface area (Å²) in [6.07, 6.45) is 7.62. The third-order valence-corrected chi connectivity index (χ3v) is 6.06. The van der Waals surface area contributed by atoms with Crippen LogP contribution in [0.15, 0.2) is 67.3 Å². The standard InChI is InChI=1S/C25H26N6O2/c1-18-4-7-23(24(14-18)31-27-9-10-28-31)25(32)29-12-13-33-17-22(29)16-20-15-21(6-5-19(20)2)30-11-3-8-26-30/h3-11,14-15,22H,12-13,16-17H2,1-2H3. The van der Waals surface area contributed by atoms with Crippen molar-refractivity contribution in [3.05, 3.63) is 89.5 Å². The van der Waals surface area contributed by atoms with Crippen molar-refractivity contribution in [2.75, 3.05) is 19.8 Å². The normalized spacial score (nSPS) is 16.2. The summed E-state index contributed by atoms with van der Waals surface area (Å²) in [5, 5.41) is 12.8. The molecule has 2 aromatic carbocycles. The monoisotopic (exact) mass is 442 g/mol. The largest absolute Gasteiger partial charge is 0.377 e. The van der Waals surface area contributed by atoms with Crippen LogP contribution >= 0.6 is 0 Å². The zero-order valence-electron chi connectivity index (χ0n) is 18.8. The molecule has 2 aromatic heterocycles. The first-order chi connectivity index (χ1) is 16.1. The molecule has 8 heteroatoms. The molecule has 1 amide bonds. The summed E-state index contributed by atoms with van der Waals surface area (Å²) >= 11 is 0. The van der Waals surface area contributed by atoms with Gasteiger partial charge in [-0.2, -0.15) is 20.1 Å². The Kier molecular flexibility index (Phi) is 5.75. The molecule has 0 radical (unpaired) electrons. The van der Waals surface area contributed by atoms with E-state index in [1.165, 1.54) is 15.9 Å². The second kappa shape index (κ2) is 8.99. The number of nitrogens with zero attached hydrogens (tertiary/aromatic N) is 6. The molecule has 33 heavy (non-hydrogen) atoms. The molecule has 0 saturated carbocycles. The van der Waals surface area contributed by atoms with Crippen LogP contribution in [-0.2, 0) is 11.2 Å². The van der Waals surface area contributed by atoms with Gasteiger partial charge in [-0.05, 0) is 67.3 Å². The fourth-order valence-corrected chi connectivity index (χ4v) is 4.27. The van der Waals surface area contributed by atoms with E-state index in [0.29, 0.717) is 37.4 Å². The maximum atomic E-state index is 13.8. The molecule has 0 spiro atoms. The van der Waals surface area contributed by atoms with E-state index in [1.54, 1.807) is 18.6 Å². The molecule has 1 unspecified atom stereocenters. The van der Waals surface area contributed by atoms with E-state index < -0.39 is 0 Å². The van der Waals surface area contributed by atoms with E-state index in [-0.39, 0.29) is 11.9 Å². The maximum absolute atomic E-state index is 13.8. The van der Waals surface area contributed by atoms with E-state index in [2.05, 4.69) is 40.4 Å². The number of hydrogen-bond acceptors (Lipinski definition) is 5. The van der Waals surface area contributed by atoms with Crippen molar-refractivity contribution in [3.63, 3.8) is 0 Å². The molecule has 1 fully saturated rings. The van der Waals surface area contributed by atoms with E-state index >= 15 is 0 Å². The van der Waals surface area contributed by atoms with Crippen LogP contribution < -0.4 is 0 Å². The molecule has 1 aliphatic heterocycles. The molecule has 1 saturated heterocycles. The van der Waals surface area contributed by atoms with Crippen LogP contribution in [0.5, 0.6) is 0 Å². The SMILES string of the molecule is Cc1ccc(C(=O)N2CCOCC2Cc2cc(-n3cccn3)ccc2C)c(-n2nccn2)c1. The van der Waals surface area contributed by atoms with E-state index in [4.69, 9.17) is 4.74 Å². The molecule has 4 aromatic rings. The predicted octanol–water partition coefficient (Wildman–Crippen LogP) is 3.15. The van der Waals surface area contributed by atoms with Crippen LogP contribution in [0.2, 0.25) is 0 Å². The summed E-state index contributed by atoms with van der Waals surface area (Å²) < 4.78 is 7.64. The lowest BCUT2D eigenvalue weighted by molar-refractivity contribution is -0.00168. The summed E-state index contributed by atoms with van der Waals surface area (Å²) in [5.74, 6) is -0.0310. The molecule has 0 aliphatic carbocycles. The highest BCUT2D eigenvalue weighted by Gasteiger charge is 2.30. The van der Waals surface area contributed by atoms with Crippen molar-refractivity contribution in [2.24, 2.45) is 0 Å². The number of morpholine rings is 1. The average molecular weight is 443 g/mol. The molecule has 168 valence electrons. The van der Waals surface area contributed by atoms with Crippen LogP contribution in [0.4, 0.5) is 0 Å². The third-order valence-electron chi connectivity index (χ3n) is 6.06. The average Bonchev–Trinajstić information content (AvgIpc) is 3.55.